The summed E-state index contributed by atoms with van der Waals surface area (Å²) in [6, 6.07) is 7.70. The van der Waals surface area contributed by atoms with Crippen LogP contribution < -0.4 is 11.1 Å². The molecule has 1 aromatic rings. The predicted molar refractivity (Wildman–Crippen MR) is 64.3 cm³/mol. The van der Waals surface area contributed by atoms with E-state index in [9.17, 15) is 4.79 Å². The Balaban J connectivity index is 2.06. The molecule has 3 N–H and O–H groups in total. The Morgan fingerprint density at radius 3 is 2.94 bits per heavy atom. The fraction of sp³-hybridized carbons (Fsp3) is 0.417. The Labute approximate surface area is 100.0 Å². The first kappa shape index (κ1) is 11.4. The van der Waals surface area contributed by atoms with Crippen LogP contribution in [0.5, 0.6) is 0 Å². The summed E-state index contributed by atoms with van der Waals surface area (Å²) in [7, 11) is 0. The van der Waals surface area contributed by atoms with Crippen molar-refractivity contribution in [2.75, 3.05) is 6.54 Å². The standard InChI is InChI=1S/C12H15ClN2O/c13-10-3-1-2-9(6-10)7-12(14)5-4-11(16)15-8-12/h1-3,6H,4-5,7-8,14H2,(H,15,16). The fourth-order valence-corrected chi connectivity index (χ4v) is 2.23. The molecule has 0 saturated carbocycles. The van der Waals surface area contributed by atoms with Crippen molar-refractivity contribution in [3.05, 3.63) is 34.9 Å². The van der Waals surface area contributed by atoms with Crippen LogP contribution >= 0.6 is 11.6 Å². The normalized spacial score (nSPS) is 25.2. The first-order valence-corrected chi connectivity index (χ1v) is 5.75. The molecule has 1 fully saturated rings. The number of amides is 1. The molecule has 0 aliphatic carbocycles. The summed E-state index contributed by atoms with van der Waals surface area (Å²) in [6.45, 7) is 0.540. The zero-order valence-corrected chi connectivity index (χ0v) is 9.76. The molecular formula is C12H15ClN2O. The summed E-state index contributed by atoms with van der Waals surface area (Å²) in [5, 5.41) is 3.53. The average molecular weight is 239 g/mol. The van der Waals surface area contributed by atoms with Gasteiger partial charge in [-0.05, 0) is 30.5 Å². The minimum Gasteiger partial charge on any atom is -0.354 e. The van der Waals surface area contributed by atoms with Gasteiger partial charge in [0.1, 0.15) is 0 Å². The Kier molecular flexibility index (Phi) is 3.17. The van der Waals surface area contributed by atoms with Crippen molar-refractivity contribution in [3.63, 3.8) is 0 Å². The van der Waals surface area contributed by atoms with Gasteiger partial charge in [-0.25, -0.2) is 0 Å². The van der Waals surface area contributed by atoms with E-state index in [4.69, 9.17) is 17.3 Å². The second-order valence-electron chi connectivity index (χ2n) is 4.45. The molecule has 1 aliphatic rings. The lowest BCUT2D eigenvalue weighted by Gasteiger charge is -2.33. The van der Waals surface area contributed by atoms with Crippen molar-refractivity contribution >= 4 is 17.5 Å². The molecule has 1 aromatic carbocycles. The Bertz CT molecular complexity index is 396. The zero-order chi connectivity index (χ0) is 11.6. The number of carbonyl (C=O) groups is 1. The molecule has 1 heterocycles. The van der Waals surface area contributed by atoms with Gasteiger partial charge in [0.2, 0.25) is 5.91 Å². The smallest absolute Gasteiger partial charge is 0.220 e. The minimum atomic E-state index is -0.335. The minimum absolute atomic E-state index is 0.0900. The predicted octanol–water partition coefficient (Wildman–Crippen LogP) is 1.49. The van der Waals surface area contributed by atoms with E-state index in [-0.39, 0.29) is 11.4 Å². The van der Waals surface area contributed by atoms with Gasteiger partial charge in [0, 0.05) is 23.5 Å². The van der Waals surface area contributed by atoms with Crippen molar-refractivity contribution in [2.45, 2.75) is 24.8 Å². The van der Waals surface area contributed by atoms with Gasteiger partial charge in [0.25, 0.3) is 0 Å². The van der Waals surface area contributed by atoms with E-state index < -0.39 is 0 Å². The highest BCUT2D eigenvalue weighted by Crippen LogP contribution is 2.21. The molecule has 1 amide bonds. The molecule has 1 aliphatic heterocycles. The molecule has 1 saturated heterocycles. The van der Waals surface area contributed by atoms with E-state index in [1.165, 1.54) is 0 Å². The number of benzene rings is 1. The Morgan fingerprint density at radius 1 is 1.50 bits per heavy atom. The molecule has 86 valence electrons. The van der Waals surface area contributed by atoms with Crippen LogP contribution in [0.3, 0.4) is 0 Å². The van der Waals surface area contributed by atoms with E-state index in [0.717, 1.165) is 23.4 Å². The van der Waals surface area contributed by atoms with Gasteiger partial charge in [0.15, 0.2) is 0 Å². The molecule has 4 heteroatoms. The number of carbonyl (C=O) groups excluding carboxylic acids is 1. The summed E-state index contributed by atoms with van der Waals surface area (Å²) in [5.74, 6) is 0.0900. The van der Waals surface area contributed by atoms with Crippen LogP contribution in [-0.4, -0.2) is 18.0 Å². The SMILES string of the molecule is NC1(Cc2cccc(Cl)c2)CCC(=O)NC1. The number of rotatable bonds is 2. The number of hydrogen-bond acceptors (Lipinski definition) is 2. The van der Waals surface area contributed by atoms with E-state index in [2.05, 4.69) is 5.32 Å². The lowest BCUT2D eigenvalue weighted by molar-refractivity contribution is -0.123. The van der Waals surface area contributed by atoms with Crippen LogP contribution in [0.25, 0.3) is 0 Å². The first-order valence-electron chi connectivity index (χ1n) is 5.37. The molecule has 1 unspecified atom stereocenters. The second kappa shape index (κ2) is 4.44. The van der Waals surface area contributed by atoms with Crippen LogP contribution in [0.1, 0.15) is 18.4 Å². The lowest BCUT2D eigenvalue weighted by atomic mass is 9.85. The highest BCUT2D eigenvalue weighted by molar-refractivity contribution is 6.30. The molecule has 2 rings (SSSR count). The van der Waals surface area contributed by atoms with Gasteiger partial charge >= 0.3 is 0 Å². The number of nitrogens with two attached hydrogens (primary N) is 1. The topological polar surface area (TPSA) is 55.1 Å². The largest absolute Gasteiger partial charge is 0.354 e. The quantitative estimate of drug-likeness (QED) is 0.820. The summed E-state index contributed by atoms with van der Waals surface area (Å²) in [4.78, 5) is 11.1. The highest BCUT2D eigenvalue weighted by atomic mass is 35.5. The van der Waals surface area contributed by atoms with Crippen LogP contribution in [0, 0.1) is 0 Å². The van der Waals surface area contributed by atoms with Gasteiger partial charge in [-0.3, -0.25) is 4.79 Å². The van der Waals surface area contributed by atoms with E-state index in [1.54, 1.807) is 0 Å². The van der Waals surface area contributed by atoms with Crippen molar-refractivity contribution < 1.29 is 4.79 Å². The monoisotopic (exact) mass is 238 g/mol. The van der Waals surface area contributed by atoms with Crippen molar-refractivity contribution in [2.24, 2.45) is 5.73 Å². The number of halogens is 1. The summed E-state index contributed by atoms with van der Waals surface area (Å²) >= 11 is 5.92. The van der Waals surface area contributed by atoms with Gasteiger partial charge in [-0.2, -0.15) is 0 Å². The lowest BCUT2D eigenvalue weighted by Crippen LogP contribution is -2.55. The third-order valence-corrected chi connectivity index (χ3v) is 3.17. The maximum Gasteiger partial charge on any atom is 0.220 e. The van der Waals surface area contributed by atoms with E-state index in [0.29, 0.717) is 13.0 Å². The number of nitrogens with one attached hydrogen (secondary N) is 1. The number of hydrogen-bond donors (Lipinski definition) is 2. The van der Waals surface area contributed by atoms with Crippen molar-refractivity contribution in [1.29, 1.82) is 0 Å². The zero-order valence-electron chi connectivity index (χ0n) is 9.00. The molecule has 0 bridgehead atoms. The molecule has 1 atom stereocenters. The first-order chi connectivity index (χ1) is 7.57. The van der Waals surface area contributed by atoms with Gasteiger partial charge in [-0.15, -0.1) is 0 Å². The van der Waals surface area contributed by atoms with Crippen LogP contribution in [0.15, 0.2) is 24.3 Å². The maximum atomic E-state index is 11.1. The van der Waals surface area contributed by atoms with Crippen molar-refractivity contribution in [1.82, 2.24) is 5.32 Å². The fourth-order valence-electron chi connectivity index (χ4n) is 2.02. The Morgan fingerprint density at radius 2 is 2.31 bits per heavy atom. The van der Waals surface area contributed by atoms with Gasteiger partial charge in [0.05, 0.1) is 0 Å². The van der Waals surface area contributed by atoms with Crippen LogP contribution in [0.4, 0.5) is 0 Å². The maximum absolute atomic E-state index is 11.1. The van der Waals surface area contributed by atoms with Gasteiger partial charge in [-0.1, -0.05) is 23.7 Å². The van der Waals surface area contributed by atoms with Crippen molar-refractivity contribution in [3.8, 4) is 0 Å². The van der Waals surface area contributed by atoms with E-state index in [1.807, 2.05) is 24.3 Å². The third-order valence-electron chi connectivity index (χ3n) is 2.93. The van der Waals surface area contributed by atoms with Crippen LogP contribution in [0.2, 0.25) is 5.02 Å². The average Bonchev–Trinajstić information content (AvgIpc) is 2.23. The van der Waals surface area contributed by atoms with Gasteiger partial charge < -0.3 is 11.1 Å². The molecule has 0 radical (unpaired) electrons. The molecule has 0 aromatic heterocycles. The molecule has 0 spiro atoms. The Hall–Kier alpha value is -1.06. The number of piperidine rings is 1. The summed E-state index contributed by atoms with van der Waals surface area (Å²) in [6.07, 6.45) is 1.98. The van der Waals surface area contributed by atoms with Crippen LogP contribution in [-0.2, 0) is 11.2 Å². The highest BCUT2D eigenvalue weighted by Gasteiger charge is 2.30. The summed E-state index contributed by atoms with van der Waals surface area (Å²) in [5.41, 5.74) is 7.03. The van der Waals surface area contributed by atoms with E-state index >= 15 is 0 Å². The second-order valence-corrected chi connectivity index (χ2v) is 4.88. The third kappa shape index (κ3) is 2.74. The summed E-state index contributed by atoms with van der Waals surface area (Å²) < 4.78 is 0. The molecule has 3 nitrogen and oxygen atoms in total. The molecule has 16 heavy (non-hydrogen) atoms. The molecular weight excluding hydrogens is 224 g/mol.